The van der Waals surface area contributed by atoms with Gasteiger partial charge in [0.15, 0.2) is 6.10 Å². The van der Waals surface area contributed by atoms with E-state index < -0.39 is 40.8 Å². The molecule has 4 aromatic carbocycles. The van der Waals surface area contributed by atoms with E-state index in [1.807, 2.05) is 6.92 Å². The first-order chi connectivity index (χ1) is 20.9. The molecule has 0 saturated carbocycles. The van der Waals surface area contributed by atoms with Crippen molar-refractivity contribution < 1.29 is 33.6 Å². The van der Waals surface area contributed by atoms with Crippen molar-refractivity contribution in [2.75, 3.05) is 16.6 Å². The van der Waals surface area contributed by atoms with Gasteiger partial charge in [-0.1, -0.05) is 36.4 Å². The van der Waals surface area contributed by atoms with Gasteiger partial charge in [-0.2, -0.15) is 0 Å². The number of benzene rings is 4. The summed E-state index contributed by atoms with van der Waals surface area (Å²) in [6.45, 7) is 2.32. The topological polar surface area (TPSA) is 129 Å². The summed E-state index contributed by atoms with van der Waals surface area (Å²) in [6.07, 6.45) is -1.17. The highest BCUT2D eigenvalue weighted by Gasteiger charge is 2.60. The molecule has 2 amide bonds. The number of nitrogens with zero attached hydrogens (tertiary/aromatic N) is 3. The molecule has 4 aromatic rings. The predicted molar refractivity (Wildman–Crippen MR) is 155 cm³/mol. The van der Waals surface area contributed by atoms with Crippen molar-refractivity contribution in [3.05, 3.63) is 124 Å². The maximum Gasteiger partial charge on any atom is 0.343 e. The Hall–Kier alpha value is -5.55. The number of imide groups is 1. The maximum absolute atomic E-state index is 13.9. The highest BCUT2D eigenvalue weighted by molar-refractivity contribution is 6.24. The molecule has 0 bridgehead atoms. The summed E-state index contributed by atoms with van der Waals surface area (Å²) in [5.41, 5.74) is 1.48. The summed E-state index contributed by atoms with van der Waals surface area (Å²) >= 11 is 0. The molecule has 11 heteroatoms. The first-order valence-corrected chi connectivity index (χ1v) is 13.5. The number of carbonyl (C=O) groups excluding carboxylic acids is 3. The molecule has 6 rings (SSSR count). The summed E-state index contributed by atoms with van der Waals surface area (Å²) in [6, 6.07) is 26.6. The lowest BCUT2D eigenvalue weighted by molar-refractivity contribution is -0.384. The lowest BCUT2D eigenvalue weighted by Gasteiger charge is -2.28. The predicted octanol–water partition coefficient (Wildman–Crippen LogP) is 5.26. The number of nitro benzene ring substituents is 1. The fourth-order valence-corrected chi connectivity index (χ4v) is 5.31. The first-order valence-electron chi connectivity index (χ1n) is 13.5. The summed E-state index contributed by atoms with van der Waals surface area (Å²) in [7, 11) is 0. The van der Waals surface area contributed by atoms with Gasteiger partial charge in [0, 0.05) is 12.1 Å². The molecule has 3 atom stereocenters. The smallest absolute Gasteiger partial charge is 0.343 e. The highest BCUT2D eigenvalue weighted by atomic mass is 16.7. The normalized spacial score (nSPS) is 19.3. The van der Waals surface area contributed by atoms with Gasteiger partial charge in [0.05, 0.1) is 34.5 Å². The van der Waals surface area contributed by atoms with Gasteiger partial charge in [-0.25, -0.2) is 14.8 Å². The molecule has 0 radical (unpaired) electrons. The lowest BCUT2D eigenvalue weighted by atomic mass is 9.90. The van der Waals surface area contributed by atoms with E-state index in [2.05, 4.69) is 0 Å². The Bertz CT molecular complexity index is 1690. The molecule has 2 fully saturated rings. The Kier molecular flexibility index (Phi) is 7.31. The first kappa shape index (κ1) is 27.6. The van der Waals surface area contributed by atoms with Crippen molar-refractivity contribution in [2.24, 2.45) is 5.92 Å². The number of fused-ring (bicyclic) bond motifs is 1. The number of non-ortho nitro benzene ring substituents is 1. The van der Waals surface area contributed by atoms with Crippen LogP contribution in [0.25, 0.3) is 0 Å². The van der Waals surface area contributed by atoms with E-state index in [1.165, 1.54) is 23.3 Å². The Labute approximate surface area is 245 Å². The molecular formula is C32H25N3O8. The molecule has 0 unspecified atom stereocenters. The van der Waals surface area contributed by atoms with Gasteiger partial charge >= 0.3 is 5.97 Å². The minimum absolute atomic E-state index is 0.172. The summed E-state index contributed by atoms with van der Waals surface area (Å²) in [4.78, 5) is 58.2. The molecule has 43 heavy (non-hydrogen) atoms. The molecular weight excluding hydrogens is 554 g/mol. The van der Waals surface area contributed by atoms with Crippen LogP contribution < -0.4 is 19.4 Å². The fraction of sp³-hybridized carbons (Fsp3) is 0.156. The highest BCUT2D eigenvalue weighted by Crippen LogP contribution is 2.48. The third kappa shape index (κ3) is 5.17. The summed E-state index contributed by atoms with van der Waals surface area (Å²) < 4.78 is 11.0. The van der Waals surface area contributed by atoms with E-state index in [9.17, 15) is 24.5 Å². The Morgan fingerprint density at radius 2 is 1.56 bits per heavy atom. The number of anilines is 2. The zero-order valence-electron chi connectivity index (χ0n) is 22.9. The standard InChI is InChI=1S/C32H25N3O8/c1-2-41-25-17-13-22(14-18-25)33-30(36)27-28(20-11-15-26(16-12-20)42-32(38)21-7-4-3-5-8-21)34(43-29(27)31(33)37)23-9-6-10-24(19-23)35(39)40/h3-19,27-29H,2H2,1H3/t27-,28-,29+/m0/s1. The van der Waals surface area contributed by atoms with E-state index in [0.29, 0.717) is 34.9 Å². The second kappa shape index (κ2) is 11.4. The quantitative estimate of drug-likeness (QED) is 0.0902. The van der Waals surface area contributed by atoms with Crippen molar-refractivity contribution in [1.29, 1.82) is 0 Å². The van der Waals surface area contributed by atoms with Crippen molar-refractivity contribution in [1.82, 2.24) is 0 Å². The monoisotopic (exact) mass is 579 g/mol. The Balaban J connectivity index is 1.34. The number of esters is 1. The van der Waals surface area contributed by atoms with Crippen LogP contribution in [0.2, 0.25) is 0 Å². The van der Waals surface area contributed by atoms with Crippen LogP contribution in [0, 0.1) is 16.0 Å². The second-order valence-electron chi connectivity index (χ2n) is 9.86. The average molecular weight is 580 g/mol. The lowest BCUT2D eigenvalue weighted by Crippen LogP contribution is -2.37. The minimum atomic E-state index is -1.17. The number of hydrogen-bond donors (Lipinski definition) is 0. The number of carbonyl (C=O) groups is 3. The number of nitro groups is 1. The molecule has 2 aliphatic heterocycles. The second-order valence-corrected chi connectivity index (χ2v) is 9.86. The fourth-order valence-electron chi connectivity index (χ4n) is 5.31. The average Bonchev–Trinajstić information content (AvgIpc) is 3.54. The molecule has 11 nitrogen and oxygen atoms in total. The Morgan fingerprint density at radius 1 is 0.860 bits per heavy atom. The molecule has 0 N–H and O–H groups in total. The van der Waals surface area contributed by atoms with E-state index in [4.69, 9.17) is 14.3 Å². The zero-order chi connectivity index (χ0) is 30.1. The van der Waals surface area contributed by atoms with Crippen molar-refractivity contribution >= 4 is 34.8 Å². The largest absolute Gasteiger partial charge is 0.494 e. The number of hydrogen-bond acceptors (Lipinski definition) is 9. The number of rotatable bonds is 8. The van der Waals surface area contributed by atoms with Crippen LogP contribution in [0.5, 0.6) is 11.5 Å². The Morgan fingerprint density at radius 3 is 2.23 bits per heavy atom. The number of ether oxygens (including phenoxy) is 2. The molecule has 0 aromatic heterocycles. The summed E-state index contributed by atoms with van der Waals surface area (Å²) in [5.74, 6) is -1.64. The molecule has 2 saturated heterocycles. The van der Waals surface area contributed by atoms with Gasteiger partial charge in [0.25, 0.3) is 11.6 Å². The number of hydroxylamine groups is 1. The molecule has 0 aliphatic carbocycles. The molecule has 216 valence electrons. The molecule has 2 heterocycles. The van der Waals surface area contributed by atoms with Gasteiger partial charge in [-0.3, -0.25) is 24.5 Å². The number of amides is 2. The van der Waals surface area contributed by atoms with E-state index in [0.717, 1.165) is 4.90 Å². The van der Waals surface area contributed by atoms with Crippen LogP contribution in [-0.2, 0) is 14.4 Å². The third-order valence-corrected chi connectivity index (χ3v) is 7.26. The van der Waals surface area contributed by atoms with Gasteiger partial charge in [-0.05, 0) is 67.1 Å². The van der Waals surface area contributed by atoms with Gasteiger partial charge in [0.2, 0.25) is 5.91 Å². The van der Waals surface area contributed by atoms with Crippen LogP contribution in [0.3, 0.4) is 0 Å². The van der Waals surface area contributed by atoms with Crippen LogP contribution in [-0.4, -0.2) is 35.4 Å². The molecule has 2 aliphatic rings. The van der Waals surface area contributed by atoms with Gasteiger partial charge in [0.1, 0.15) is 17.4 Å². The van der Waals surface area contributed by atoms with E-state index in [-0.39, 0.29) is 11.4 Å². The van der Waals surface area contributed by atoms with Crippen molar-refractivity contribution in [3.63, 3.8) is 0 Å². The maximum atomic E-state index is 13.9. The molecule has 0 spiro atoms. The van der Waals surface area contributed by atoms with E-state index >= 15 is 0 Å². The van der Waals surface area contributed by atoms with Crippen LogP contribution in [0.4, 0.5) is 17.1 Å². The van der Waals surface area contributed by atoms with Gasteiger partial charge < -0.3 is 9.47 Å². The van der Waals surface area contributed by atoms with E-state index in [1.54, 1.807) is 84.9 Å². The third-order valence-electron chi connectivity index (χ3n) is 7.26. The van der Waals surface area contributed by atoms with Crippen LogP contribution in [0.15, 0.2) is 103 Å². The van der Waals surface area contributed by atoms with Gasteiger partial charge in [-0.15, -0.1) is 0 Å². The summed E-state index contributed by atoms with van der Waals surface area (Å²) in [5, 5.41) is 12.9. The zero-order valence-corrected chi connectivity index (χ0v) is 22.9. The van der Waals surface area contributed by atoms with Crippen molar-refractivity contribution in [3.8, 4) is 11.5 Å². The SMILES string of the molecule is CCOc1ccc(N2C(=O)[C@@H]3[C@@H](ON(c4cccc([N+](=O)[O-])c4)[C@H]3c3ccc(OC(=O)c4ccccc4)cc3)C2=O)cc1. The minimum Gasteiger partial charge on any atom is -0.494 e. The van der Waals surface area contributed by atoms with Crippen LogP contribution in [0.1, 0.15) is 28.9 Å². The van der Waals surface area contributed by atoms with Crippen LogP contribution >= 0.6 is 0 Å². The van der Waals surface area contributed by atoms with Crippen molar-refractivity contribution in [2.45, 2.75) is 19.1 Å².